The van der Waals surface area contributed by atoms with Gasteiger partial charge >= 0.3 is 0 Å². The molecule has 0 fully saturated rings. The van der Waals surface area contributed by atoms with Crippen molar-refractivity contribution in [3.8, 4) is 0 Å². The predicted octanol–water partition coefficient (Wildman–Crippen LogP) is 5.13. The van der Waals surface area contributed by atoms with Crippen LogP contribution in [0.3, 0.4) is 0 Å². The summed E-state index contributed by atoms with van der Waals surface area (Å²) in [5, 5.41) is 0. The minimum absolute atomic E-state index is 0.372. The highest BCUT2D eigenvalue weighted by molar-refractivity contribution is 5.80. The molecule has 0 aliphatic rings. The van der Waals surface area contributed by atoms with Crippen LogP contribution in [0.2, 0.25) is 0 Å². The zero-order valence-corrected chi connectivity index (χ0v) is 11.6. The Morgan fingerprint density at radius 1 is 0.812 bits per heavy atom. The van der Waals surface area contributed by atoms with Crippen LogP contribution in [0, 0.1) is 5.92 Å². The van der Waals surface area contributed by atoms with Gasteiger partial charge in [0.1, 0.15) is 5.78 Å². The van der Waals surface area contributed by atoms with Crippen molar-refractivity contribution in [3.05, 3.63) is 0 Å². The molecule has 96 valence electrons. The fourth-order valence-electron chi connectivity index (χ4n) is 2.18. The summed E-state index contributed by atoms with van der Waals surface area (Å²) in [6.45, 7) is 6.54. The van der Waals surface area contributed by atoms with Crippen molar-refractivity contribution in [1.82, 2.24) is 0 Å². The Hall–Kier alpha value is -0.330. The first-order valence-corrected chi connectivity index (χ1v) is 7.28. The summed E-state index contributed by atoms with van der Waals surface area (Å²) in [7, 11) is 0. The number of unbranched alkanes of at least 4 members (excludes halogenated alkanes) is 4. The van der Waals surface area contributed by atoms with Gasteiger partial charge in [0.2, 0.25) is 0 Å². The molecule has 0 saturated carbocycles. The maximum Gasteiger partial charge on any atom is 0.135 e. The molecule has 1 unspecified atom stereocenters. The minimum atomic E-state index is 0.372. The van der Waals surface area contributed by atoms with Crippen LogP contribution < -0.4 is 0 Å². The van der Waals surface area contributed by atoms with Gasteiger partial charge in [0.05, 0.1) is 0 Å². The van der Waals surface area contributed by atoms with Crippen molar-refractivity contribution in [3.63, 3.8) is 0 Å². The van der Waals surface area contributed by atoms with Crippen LogP contribution in [-0.2, 0) is 4.79 Å². The lowest BCUT2D eigenvalue weighted by atomic mass is 9.89. The quantitative estimate of drug-likeness (QED) is 0.446. The second kappa shape index (κ2) is 11.2. The smallest absolute Gasteiger partial charge is 0.135 e. The lowest BCUT2D eigenvalue weighted by Gasteiger charge is -2.14. The molecule has 0 radical (unpaired) electrons. The van der Waals surface area contributed by atoms with Gasteiger partial charge in [-0.2, -0.15) is 0 Å². The van der Waals surface area contributed by atoms with Crippen LogP contribution in [0.25, 0.3) is 0 Å². The molecule has 0 rings (SSSR count). The second-order valence-electron chi connectivity index (χ2n) is 4.90. The third kappa shape index (κ3) is 7.90. The van der Waals surface area contributed by atoms with Crippen molar-refractivity contribution in [2.24, 2.45) is 5.92 Å². The average Bonchev–Trinajstić information content (AvgIpc) is 2.28. The molecule has 0 amide bonds. The molecule has 0 saturated heterocycles. The molecule has 1 nitrogen and oxygen atoms in total. The molecule has 0 heterocycles. The fraction of sp³-hybridized carbons (Fsp3) is 0.933. The van der Waals surface area contributed by atoms with Crippen LogP contribution in [0.1, 0.15) is 85.0 Å². The van der Waals surface area contributed by atoms with Gasteiger partial charge < -0.3 is 0 Å². The highest BCUT2D eigenvalue weighted by Crippen LogP contribution is 2.20. The molecule has 0 N–H and O–H groups in total. The van der Waals surface area contributed by atoms with Crippen molar-refractivity contribution < 1.29 is 4.79 Å². The van der Waals surface area contributed by atoms with Gasteiger partial charge in [-0.25, -0.2) is 0 Å². The lowest BCUT2D eigenvalue weighted by molar-refractivity contribution is -0.123. The zero-order chi connectivity index (χ0) is 12.2. The Morgan fingerprint density at radius 3 is 2.00 bits per heavy atom. The van der Waals surface area contributed by atoms with Gasteiger partial charge in [-0.05, 0) is 19.3 Å². The molecule has 0 aromatic carbocycles. The molecule has 0 bridgehead atoms. The first-order chi connectivity index (χ1) is 7.76. The van der Waals surface area contributed by atoms with E-state index in [0.717, 1.165) is 25.7 Å². The molecular formula is C15H30O. The Balaban J connectivity index is 3.84. The van der Waals surface area contributed by atoms with Gasteiger partial charge in [0, 0.05) is 12.3 Å². The first-order valence-electron chi connectivity index (χ1n) is 7.28. The number of ketones is 1. The van der Waals surface area contributed by atoms with Gasteiger partial charge in [-0.1, -0.05) is 59.3 Å². The summed E-state index contributed by atoms with van der Waals surface area (Å²) in [6, 6.07) is 0. The van der Waals surface area contributed by atoms with Gasteiger partial charge in [-0.15, -0.1) is 0 Å². The summed E-state index contributed by atoms with van der Waals surface area (Å²) in [6.07, 6.45) is 11.7. The van der Waals surface area contributed by atoms with E-state index in [0.29, 0.717) is 11.7 Å². The van der Waals surface area contributed by atoms with E-state index < -0.39 is 0 Å². The van der Waals surface area contributed by atoms with E-state index in [2.05, 4.69) is 20.8 Å². The molecule has 0 aliphatic carbocycles. The highest BCUT2D eigenvalue weighted by atomic mass is 16.1. The van der Waals surface area contributed by atoms with Crippen LogP contribution in [0.5, 0.6) is 0 Å². The number of carbonyl (C=O) groups excluding carboxylic acids is 1. The molecule has 0 aromatic heterocycles. The molecule has 0 spiro atoms. The van der Waals surface area contributed by atoms with Crippen LogP contribution in [-0.4, -0.2) is 5.78 Å². The van der Waals surface area contributed by atoms with E-state index in [9.17, 15) is 4.79 Å². The number of Topliss-reactive ketones (excluding diaryl/α,β-unsaturated/α-hetero) is 1. The largest absolute Gasteiger partial charge is 0.299 e. The normalized spacial score (nSPS) is 12.7. The lowest BCUT2D eigenvalue weighted by Crippen LogP contribution is -2.14. The van der Waals surface area contributed by atoms with Crippen LogP contribution >= 0.6 is 0 Å². The number of carbonyl (C=O) groups is 1. The van der Waals surface area contributed by atoms with Crippen LogP contribution in [0.4, 0.5) is 0 Å². The molecule has 1 atom stereocenters. The van der Waals surface area contributed by atoms with Gasteiger partial charge in [-0.3, -0.25) is 4.79 Å². The summed E-state index contributed by atoms with van der Waals surface area (Å²) < 4.78 is 0. The summed E-state index contributed by atoms with van der Waals surface area (Å²) >= 11 is 0. The minimum Gasteiger partial charge on any atom is -0.299 e. The van der Waals surface area contributed by atoms with Gasteiger partial charge in [0.15, 0.2) is 0 Å². The highest BCUT2D eigenvalue weighted by Gasteiger charge is 2.16. The molecule has 0 aliphatic heterocycles. The number of hydrogen-bond donors (Lipinski definition) is 0. The third-order valence-corrected chi connectivity index (χ3v) is 3.26. The fourth-order valence-corrected chi connectivity index (χ4v) is 2.18. The Morgan fingerprint density at radius 2 is 1.44 bits per heavy atom. The Kier molecular flexibility index (Phi) is 10.9. The van der Waals surface area contributed by atoms with E-state index >= 15 is 0 Å². The zero-order valence-electron chi connectivity index (χ0n) is 11.6. The van der Waals surface area contributed by atoms with E-state index in [1.54, 1.807) is 0 Å². The van der Waals surface area contributed by atoms with Crippen molar-refractivity contribution in [1.29, 1.82) is 0 Å². The topological polar surface area (TPSA) is 17.1 Å². The van der Waals surface area contributed by atoms with Crippen molar-refractivity contribution in [2.75, 3.05) is 0 Å². The maximum absolute atomic E-state index is 11.9. The summed E-state index contributed by atoms with van der Waals surface area (Å²) in [5.41, 5.74) is 0. The predicted molar refractivity (Wildman–Crippen MR) is 71.7 cm³/mol. The SMILES string of the molecule is CCCCCCC(CCCC)C(=O)CCC. The number of hydrogen-bond acceptors (Lipinski definition) is 1. The first kappa shape index (κ1) is 15.7. The average molecular weight is 226 g/mol. The molecule has 16 heavy (non-hydrogen) atoms. The number of rotatable bonds is 11. The van der Waals surface area contributed by atoms with E-state index in [1.165, 1.54) is 38.5 Å². The molecule has 1 heteroatoms. The van der Waals surface area contributed by atoms with Crippen LogP contribution in [0.15, 0.2) is 0 Å². The standard InChI is InChI=1S/C15H30O/c1-4-7-9-10-13-14(12-8-5-2)15(16)11-6-3/h14H,4-13H2,1-3H3. The van der Waals surface area contributed by atoms with E-state index in [1.807, 2.05) is 0 Å². The third-order valence-electron chi connectivity index (χ3n) is 3.26. The molecular weight excluding hydrogens is 196 g/mol. The Bertz CT molecular complexity index is 163. The summed E-state index contributed by atoms with van der Waals surface area (Å²) in [4.78, 5) is 11.9. The van der Waals surface area contributed by atoms with Crippen molar-refractivity contribution >= 4 is 5.78 Å². The van der Waals surface area contributed by atoms with E-state index in [-0.39, 0.29) is 0 Å². The summed E-state index contributed by atoms with van der Waals surface area (Å²) in [5.74, 6) is 0.893. The van der Waals surface area contributed by atoms with E-state index in [4.69, 9.17) is 0 Å². The molecule has 0 aromatic rings. The van der Waals surface area contributed by atoms with Crippen molar-refractivity contribution in [2.45, 2.75) is 85.0 Å². The van der Waals surface area contributed by atoms with Gasteiger partial charge in [0.25, 0.3) is 0 Å². The second-order valence-corrected chi connectivity index (χ2v) is 4.90. The monoisotopic (exact) mass is 226 g/mol. The Labute approximate surface area is 102 Å². The maximum atomic E-state index is 11.9.